The summed E-state index contributed by atoms with van der Waals surface area (Å²) >= 11 is 1.72. The fourth-order valence-corrected chi connectivity index (χ4v) is 5.99. The molecule has 3 amide bonds. The summed E-state index contributed by atoms with van der Waals surface area (Å²) in [6, 6.07) is 29.5. The number of carbonyl (C=O) groups excluding carboxylic acids is 3. The van der Waals surface area contributed by atoms with Crippen molar-refractivity contribution >= 4 is 57.1 Å². The summed E-state index contributed by atoms with van der Waals surface area (Å²) < 4.78 is 6.35. The summed E-state index contributed by atoms with van der Waals surface area (Å²) in [6.07, 6.45) is 1.90. The zero-order chi connectivity index (χ0) is 26.5. The largest absolute Gasteiger partial charge is 0.455 e. The summed E-state index contributed by atoms with van der Waals surface area (Å²) in [6.45, 7) is 0. The molecular formula is C31H21N3O4S. The highest BCUT2D eigenvalue weighted by atomic mass is 32.1. The van der Waals surface area contributed by atoms with Gasteiger partial charge in [-0.1, -0.05) is 42.5 Å². The molecule has 2 aliphatic heterocycles. The number of anilines is 2. The van der Waals surface area contributed by atoms with Crippen LogP contribution in [0.25, 0.3) is 16.7 Å². The summed E-state index contributed by atoms with van der Waals surface area (Å²) in [7, 11) is 0. The molecule has 1 fully saturated rings. The number of furan rings is 1. The van der Waals surface area contributed by atoms with E-state index in [0.717, 1.165) is 44.4 Å². The Bertz CT molecular complexity index is 1750. The first-order valence-electron chi connectivity index (χ1n) is 12.5. The molecule has 8 heteroatoms. The molecule has 7 rings (SSSR count). The number of fused-ring (bicyclic) bond motifs is 2. The molecule has 5 aromatic rings. The molecule has 2 aromatic heterocycles. The molecule has 4 heterocycles. The Labute approximate surface area is 227 Å². The number of nitrogens with one attached hydrogen (secondary N) is 1. The summed E-state index contributed by atoms with van der Waals surface area (Å²) in [5.41, 5.74) is 7.30. The minimum atomic E-state index is -0.567. The highest BCUT2D eigenvalue weighted by Crippen LogP contribution is 2.48. The molecule has 0 aliphatic carbocycles. The minimum Gasteiger partial charge on any atom is -0.455 e. The SMILES string of the molecule is O=C1CC(=O)N(C(=O)c2ccc(N3C(c4cc5ccccc5o4)=CC(c4cccs4)c4ccccc43)cc2)N1. The number of hydrogen-bond donors (Lipinski definition) is 1. The fraction of sp³-hybridized carbons (Fsp3) is 0.0645. The predicted octanol–water partition coefficient (Wildman–Crippen LogP) is 6.22. The molecule has 0 radical (unpaired) electrons. The Morgan fingerprint density at radius 2 is 1.72 bits per heavy atom. The second-order valence-electron chi connectivity index (χ2n) is 9.38. The van der Waals surface area contributed by atoms with Crippen molar-refractivity contribution in [2.45, 2.75) is 12.3 Å². The Hall–Kier alpha value is -4.95. The molecule has 7 nitrogen and oxygen atoms in total. The van der Waals surface area contributed by atoms with Crippen LogP contribution in [-0.2, 0) is 9.59 Å². The Morgan fingerprint density at radius 1 is 0.923 bits per heavy atom. The number of allylic oxidation sites excluding steroid dienone is 1. The first kappa shape index (κ1) is 23.2. The van der Waals surface area contributed by atoms with Gasteiger partial charge in [0.25, 0.3) is 11.8 Å². The third kappa shape index (κ3) is 3.93. The van der Waals surface area contributed by atoms with Crippen LogP contribution < -0.4 is 10.3 Å². The molecule has 39 heavy (non-hydrogen) atoms. The molecule has 0 bridgehead atoms. The third-order valence-corrected chi connectivity index (χ3v) is 7.93. The van der Waals surface area contributed by atoms with E-state index in [4.69, 9.17) is 4.42 Å². The zero-order valence-electron chi connectivity index (χ0n) is 20.5. The van der Waals surface area contributed by atoms with Crippen LogP contribution in [0, 0.1) is 0 Å². The number of imide groups is 1. The van der Waals surface area contributed by atoms with Gasteiger partial charge in [-0.2, -0.15) is 5.01 Å². The van der Waals surface area contributed by atoms with Gasteiger partial charge in [0.15, 0.2) is 5.76 Å². The molecule has 1 saturated heterocycles. The Balaban J connectivity index is 1.35. The standard InChI is InChI=1S/C31H21N3O4S/c35-29-18-30(36)34(32-29)31(37)19-11-13-21(14-12-19)33-24-8-3-2-7-22(24)23(28-10-5-15-39-28)17-25(33)27-16-20-6-1-4-9-26(20)38-27/h1-17,23H,18H2,(H,32,35). The average Bonchev–Trinajstić information content (AvgIpc) is 3.72. The highest BCUT2D eigenvalue weighted by Gasteiger charge is 2.34. The van der Waals surface area contributed by atoms with E-state index in [9.17, 15) is 14.4 Å². The second kappa shape index (κ2) is 9.11. The van der Waals surface area contributed by atoms with E-state index < -0.39 is 17.7 Å². The Kier molecular flexibility index (Phi) is 5.42. The predicted molar refractivity (Wildman–Crippen MR) is 149 cm³/mol. The first-order chi connectivity index (χ1) is 19.1. The number of thiophene rings is 1. The number of rotatable bonds is 4. The van der Waals surface area contributed by atoms with Crippen molar-refractivity contribution in [1.82, 2.24) is 10.4 Å². The number of hydrazine groups is 1. The van der Waals surface area contributed by atoms with Gasteiger partial charge in [0.1, 0.15) is 12.0 Å². The van der Waals surface area contributed by atoms with Crippen LogP contribution in [0.2, 0.25) is 0 Å². The second-order valence-corrected chi connectivity index (χ2v) is 10.4. The first-order valence-corrected chi connectivity index (χ1v) is 13.3. The van der Waals surface area contributed by atoms with Crippen LogP contribution in [0.5, 0.6) is 0 Å². The van der Waals surface area contributed by atoms with Gasteiger partial charge in [0.05, 0.1) is 11.4 Å². The minimum absolute atomic E-state index is 0.0475. The fourth-order valence-electron chi connectivity index (χ4n) is 5.18. The van der Waals surface area contributed by atoms with Gasteiger partial charge >= 0.3 is 0 Å². The molecule has 3 aromatic carbocycles. The molecule has 1 atom stereocenters. The summed E-state index contributed by atoms with van der Waals surface area (Å²) in [5, 5.41) is 3.87. The lowest BCUT2D eigenvalue weighted by molar-refractivity contribution is -0.126. The van der Waals surface area contributed by atoms with Crippen LogP contribution in [0.3, 0.4) is 0 Å². The molecule has 2 aliphatic rings. The number of nitrogens with zero attached hydrogens (tertiary/aromatic N) is 2. The van der Waals surface area contributed by atoms with E-state index in [1.807, 2.05) is 54.6 Å². The van der Waals surface area contributed by atoms with E-state index in [-0.39, 0.29) is 12.3 Å². The third-order valence-electron chi connectivity index (χ3n) is 6.98. The van der Waals surface area contributed by atoms with E-state index in [2.05, 4.69) is 46.0 Å². The summed E-state index contributed by atoms with van der Waals surface area (Å²) in [4.78, 5) is 39.9. The van der Waals surface area contributed by atoms with Gasteiger partial charge in [0.2, 0.25) is 5.91 Å². The summed E-state index contributed by atoms with van der Waals surface area (Å²) in [5.74, 6) is -0.837. The van der Waals surface area contributed by atoms with Gasteiger partial charge in [-0.25, -0.2) is 0 Å². The van der Waals surface area contributed by atoms with Crippen molar-refractivity contribution in [3.05, 3.63) is 124 Å². The van der Waals surface area contributed by atoms with Crippen LogP contribution >= 0.6 is 11.3 Å². The van der Waals surface area contributed by atoms with Crippen LogP contribution in [0.1, 0.15) is 38.9 Å². The van der Waals surface area contributed by atoms with E-state index in [1.165, 1.54) is 4.88 Å². The van der Waals surface area contributed by atoms with Gasteiger partial charge in [-0.15, -0.1) is 11.3 Å². The van der Waals surface area contributed by atoms with Crippen molar-refractivity contribution < 1.29 is 18.8 Å². The van der Waals surface area contributed by atoms with Crippen molar-refractivity contribution in [2.75, 3.05) is 4.90 Å². The monoisotopic (exact) mass is 531 g/mol. The zero-order valence-corrected chi connectivity index (χ0v) is 21.4. The highest BCUT2D eigenvalue weighted by molar-refractivity contribution is 7.10. The average molecular weight is 532 g/mol. The number of benzene rings is 3. The lowest BCUT2D eigenvalue weighted by Gasteiger charge is -2.35. The van der Waals surface area contributed by atoms with Crippen molar-refractivity contribution in [3.8, 4) is 0 Å². The van der Waals surface area contributed by atoms with Gasteiger partial charge in [-0.05, 0) is 65.6 Å². The number of amides is 3. The quantitative estimate of drug-likeness (QED) is 0.220. The van der Waals surface area contributed by atoms with Crippen LogP contribution in [0.4, 0.5) is 11.4 Å². The molecule has 1 N–H and O–H groups in total. The van der Waals surface area contributed by atoms with E-state index >= 15 is 0 Å². The van der Waals surface area contributed by atoms with Crippen molar-refractivity contribution in [3.63, 3.8) is 0 Å². The molecule has 190 valence electrons. The van der Waals surface area contributed by atoms with E-state index in [1.54, 1.807) is 23.5 Å². The lowest BCUT2D eigenvalue weighted by Crippen LogP contribution is -2.41. The number of carbonyl (C=O) groups is 3. The number of hydrogen-bond acceptors (Lipinski definition) is 6. The smallest absolute Gasteiger partial charge is 0.279 e. The van der Waals surface area contributed by atoms with Crippen LogP contribution in [0.15, 0.2) is 107 Å². The molecular weight excluding hydrogens is 510 g/mol. The maximum Gasteiger partial charge on any atom is 0.279 e. The topological polar surface area (TPSA) is 82.9 Å². The van der Waals surface area contributed by atoms with Gasteiger partial charge in [-0.3, -0.25) is 19.8 Å². The maximum atomic E-state index is 12.9. The van der Waals surface area contributed by atoms with Crippen LogP contribution in [-0.4, -0.2) is 22.7 Å². The molecule has 0 saturated carbocycles. The molecule has 0 spiro atoms. The van der Waals surface area contributed by atoms with Gasteiger partial charge < -0.3 is 9.32 Å². The van der Waals surface area contributed by atoms with E-state index in [0.29, 0.717) is 5.56 Å². The normalized spacial score (nSPS) is 16.8. The lowest BCUT2D eigenvalue weighted by atomic mass is 9.89. The maximum absolute atomic E-state index is 12.9. The molecule has 1 unspecified atom stereocenters. The van der Waals surface area contributed by atoms with Crippen molar-refractivity contribution in [2.24, 2.45) is 0 Å². The Morgan fingerprint density at radius 3 is 2.46 bits per heavy atom. The number of para-hydroxylation sites is 2. The van der Waals surface area contributed by atoms with Crippen molar-refractivity contribution in [1.29, 1.82) is 0 Å². The van der Waals surface area contributed by atoms with Gasteiger partial charge in [0, 0.05) is 27.4 Å².